The van der Waals surface area contributed by atoms with Gasteiger partial charge in [0.05, 0.1) is 5.56 Å². The summed E-state index contributed by atoms with van der Waals surface area (Å²) in [7, 11) is 0. The molecule has 0 spiro atoms. The van der Waals surface area contributed by atoms with Crippen molar-refractivity contribution in [2.45, 2.75) is 13.0 Å². The van der Waals surface area contributed by atoms with Gasteiger partial charge in [-0.2, -0.15) is 0 Å². The second-order valence-electron chi connectivity index (χ2n) is 5.00. The summed E-state index contributed by atoms with van der Waals surface area (Å²) in [4.78, 5) is 26.9. The molecule has 1 atom stereocenters. The lowest BCUT2D eigenvalue weighted by Crippen LogP contribution is -2.53. The molecule has 0 aliphatic carbocycles. The van der Waals surface area contributed by atoms with Gasteiger partial charge >= 0.3 is 5.97 Å². The standard InChI is InChI=1S/C14H17IN2O4/c1-9(14(20)21)16-4-6-17(7-5-16)13(19)11-8-10(15)2-3-12(11)18/h2-3,8-9,18H,4-7H2,1H3,(H,20,21). The van der Waals surface area contributed by atoms with Gasteiger partial charge in [0.15, 0.2) is 0 Å². The highest BCUT2D eigenvalue weighted by Crippen LogP contribution is 2.22. The van der Waals surface area contributed by atoms with Crippen LogP contribution in [-0.2, 0) is 4.79 Å². The molecule has 1 heterocycles. The number of benzene rings is 1. The first-order chi connectivity index (χ1) is 9.90. The van der Waals surface area contributed by atoms with Gasteiger partial charge in [-0.05, 0) is 47.7 Å². The Kier molecular flexibility index (Phi) is 5.04. The van der Waals surface area contributed by atoms with E-state index >= 15 is 0 Å². The van der Waals surface area contributed by atoms with Gasteiger partial charge < -0.3 is 15.1 Å². The number of rotatable bonds is 3. The molecular weight excluding hydrogens is 387 g/mol. The van der Waals surface area contributed by atoms with Crippen molar-refractivity contribution in [1.29, 1.82) is 0 Å². The van der Waals surface area contributed by atoms with Crippen molar-refractivity contribution < 1.29 is 19.8 Å². The molecule has 1 fully saturated rings. The van der Waals surface area contributed by atoms with Gasteiger partial charge in [0.25, 0.3) is 5.91 Å². The molecule has 0 bridgehead atoms. The SMILES string of the molecule is CC(C(=O)O)N1CCN(C(=O)c2cc(I)ccc2O)CC1. The summed E-state index contributed by atoms with van der Waals surface area (Å²) in [6, 6.07) is 4.36. The van der Waals surface area contributed by atoms with Crippen molar-refractivity contribution in [1.82, 2.24) is 9.80 Å². The van der Waals surface area contributed by atoms with E-state index in [4.69, 9.17) is 5.11 Å². The lowest BCUT2D eigenvalue weighted by Gasteiger charge is -2.36. The van der Waals surface area contributed by atoms with Gasteiger partial charge in [0.1, 0.15) is 11.8 Å². The molecular formula is C14H17IN2O4. The number of amides is 1. The molecule has 2 N–H and O–H groups in total. The van der Waals surface area contributed by atoms with Crippen molar-refractivity contribution in [2.75, 3.05) is 26.2 Å². The number of carboxylic acid groups (broad SMARTS) is 1. The molecule has 1 aromatic carbocycles. The van der Waals surface area contributed by atoms with Crippen LogP contribution in [0.4, 0.5) is 0 Å². The number of aromatic hydroxyl groups is 1. The van der Waals surface area contributed by atoms with Crippen LogP contribution < -0.4 is 0 Å². The van der Waals surface area contributed by atoms with Crippen molar-refractivity contribution in [2.24, 2.45) is 0 Å². The van der Waals surface area contributed by atoms with Crippen molar-refractivity contribution in [3.8, 4) is 5.75 Å². The Labute approximate surface area is 136 Å². The minimum absolute atomic E-state index is 0.0262. The molecule has 2 rings (SSSR count). The van der Waals surface area contributed by atoms with Crippen LogP contribution in [0.15, 0.2) is 18.2 Å². The summed E-state index contributed by atoms with van der Waals surface area (Å²) in [6.07, 6.45) is 0. The molecule has 1 aromatic rings. The maximum atomic E-state index is 12.4. The van der Waals surface area contributed by atoms with E-state index in [1.165, 1.54) is 6.07 Å². The van der Waals surface area contributed by atoms with Crippen LogP contribution in [-0.4, -0.2) is 64.1 Å². The Morgan fingerprint density at radius 2 is 1.86 bits per heavy atom. The summed E-state index contributed by atoms with van der Waals surface area (Å²) in [5.41, 5.74) is 0.293. The zero-order valence-corrected chi connectivity index (χ0v) is 13.8. The predicted octanol–water partition coefficient (Wildman–Crippen LogP) is 1.23. The fourth-order valence-corrected chi connectivity index (χ4v) is 2.81. The zero-order valence-electron chi connectivity index (χ0n) is 11.6. The van der Waals surface area contributed by atoms with E-state index < -0.39 is 12.0 Å². The smallest absolute Gasteiger partial charge is 0.320 e. The number of carbonyl (C=O) groups excluding carboxylic acids is 1. The van der Waals surface area contributed by atoms with Crippen molar-refractivity contribution >= 4 is 34.5 Å². The topological polar surface area (TPSA) is 81.1 Å². The van der Waals surface area contributed by atoms with Gasteiger partial charge in [-0.1, -0.05) is 0 Å². The first kappa shape index (κ1) is 16.0. The number of carbonyl (C=O) groups is 2. The highest BCUT2D eigenvalue weighted by molar-refractivity contribution is 14.1. The third-order valence-electron chi connectivity index (χ3n) is 3.70. The Bertz CT molecular complexity index is 556. The third-order valence-corrected chi connectivity index (χ3v) is 4.37. The zero-order chi connectivity index (χ0) is 15.6. The lowest BCUT2D eigenvalue weighted by atomic mass is 10.1. The molecule has 0 saturated carbocycles. The van der Waals surface area contributed by atoms with Crippen LogP contribution in [0, 0.1) is 3.57 Å². The van der Waals surface area contributed by atoms with E-state index in [1.54, 1.807) is 24.0 Å². The fraction of sp³-hybridized carbons (Fsp3) is 0.429. The fourth-order valence-electron chi connectivity index (χ4n) is 2.32. The van der Waals surface area contributed by atoms with Crippen LogP contribution in [0.5, 0.6) is 5.75 Å². The second kappa shape index (κ2) is 6.61. The molecule has 0 radical (unpaired) electrons. The van der Waals surface area contributed by atoms with Crippen molar-refractivity contribution in [3.05, 3.63) is 27.3 Å². The number of phenols is 1. The number of piperazine rings is 1. The quantitative estimate of drug-likeness (QED) is 0.741. The van der Waals surface area contributed by atoms with Crippen molar-refractivity contribution in [3.63, 3.8) is 0 Å². The second-order valence-corrected chi connectivity index (χ2v) is 6.25. The average Bonchev–Trinajstić information content (AvgIpc) is 2.48. The molecule has 1 unspecified atom stereocenters. The minimum Gasteiger partial charge on any atom is -0.507 e. The van der Waals surface area contributed by atoms with E-state index in [1.807, 2.05) is 4.90 Å². The molecule has 1 amide bonds. The number of halogens is 1. The number of phenolic OH excluding ortho intramolecular Hbond substituents is 1. The first-order valence-electron chi connectivity index (χ1n) is 6.65. The maximum Gasteiger partial charge on any atom is 0.320 e. The molecule has 21 heavy (non-hydrogen) atoms. The van der Waals surface area contributed by atoms with Crippen LogP contribution in [0.3, 0.4) is 0 Å². The number of nitrogens with zero attached hydrogens (tertiary/aromatic N) is 2. The Hall–Kier alpha value is -1.35. The number of carboxylic acids is 1. The monoisotopic (exact) mass is 404 g/mol. The Balaban J connectivity index is 2.03. The van der Waals surface area contributed by atoms with E-state index in [-0.39, 0.29) is 11.7 Å². The van der Waals surface area contributed by atoms with E-state index in [9.17, 15) is 14.7 Å². The molecule has 114 valence electrons. The van der Waals surface area contributed by atoms with E-state index in [0.717, 1.165) is 3.57 Å². The minimum atomic E-state index is -0.856. The Morgan fingerprint density at radius 3 is 2.43 bits per heavy atom. The molecule has 6 nitrogen and oxygen atoms in total. The number of hydrogen-bond acceptors (Lipinski definition) is 4. The molecule has 0 aromatic heterocycles. The summed E-state index contributed by atoms with van der Waals surface area (Å²) >= 11 is 2.09. The maximum absolute atomic E-state index is 12.4. The molecule has 1 aliphatic rings. The van der Waals surface area contributed by atoms with Crippen LogP contribution >= 0.6 is 22.6 Å². The highest BCUT2D eigenvalue weighted by Gasteiger charge is 2.28. The first-order valence-corrected chi connectivity index (χ1v) is 7.72. The van der Waals surface area contributed by atoms with Gasteiger partial charge in [0.2, 0.25) is 0 Å². The summed E-state index contributed by atoms with van der Waals surface area (Å²) in [6.45, 7) is 3.60. The van der Waals surface area contributed by atoms with Gasteiger partial charge in [-0.3, -0.25) is 14.5 Å². The largest absolute Gasteiger partial charge is 0.507 e. The summed E-state index contributed by atoms with van der Waals surface area (Å²) in [5.74, 6) is -1.10. The van der Waals surface area contributed by atoms with Crippen LogP contribution in [0.25, 0.3) is 0 Å². The normalized spacial score (nSPS) is 17.5. The van der Waals surface area contributed by atoms with E-state index in [2.05, 4.69) is 22.6 Å². The highest BCUT2D eigenvalue weighted by atomic mass is 127. The molecule has 1 saturated heterocycles. The average molecular weight is 404 g/mol. The van der Waals surface area contributed by atoms with Gasteiger partial charge in [-0.25, -0.2) is 0 Å². The van der Waals surface area contributed by atoms with Crippen LogP contribution in [0.1, 0.15) is 17.3 Å². The Morgan fingerprint density at radius 1 is 1.24 bits per heavy atom. The van der Waals surface area contributed by atoms with Crippen LogP contribution in [0.2, 0.25) is 0 Å². The lowest BCUT2D eigenvalue weighted by molar-refractivity contribution is -0.143. The van der Waals surface area contributed by atoms with Gasteiger partial charge in [-0.15, -0.1) is 0 Å². The predicted molar refractivity (Wildman–Crippen MR) is 85.4 cm³/mol. The summed E-state index contributed by atoms with van der Waals surface area (Å²) in [5, 5.41) is 18.8. The summed E-state index contributed by atoms with van der Waals surface area (Å²) < 4.78 is 0.881. The number of aliphatic carboxylic acids is 1. The molecule has 1 aliphatic heterocycles. The number of hydrogen-bond donors (Lipinski definition) is 2. The third kappa shape index (κ3) is 3.65. The van der Waals surface area contributed by atoms with Gasteiger partial charge in [0, 0.05) is 29.7 Å². The van der Waals surface area contributed by atoms with E-state index in [0.29, 0.717) is 31.7 Å². The molecule has 7 heteroatoms.